The topological polar surface area (TPSA) is 64.9 Å². The fraction of sp³-hybridized carbons (Fsp3) is 0.429. The molecule has 108 valence electrons. The molecule has 0 amide bonds. The highest BCUT2D eigenvalue weighted by Crippen LogP contribution is 2.26. The molecular formula is C14H17F2N3O. The number of halogens is 2. The highest BCUT2D eigenvalue weighted by atomic mass is 19.3. The Kier molecular flexibility index (Phi) is 3.85. The number of rotatable bonds is 3. The lowest BCUT2D eigenvalue weighted by Gasteiger charge is -2.11. The largest absolute Gasteiger partial charge is 0.339 e. The number of nitrogens with zero attached hydrogens (tertiary/aromatic N) is 2. The van der Waals surface area contributed by atoms with Crippen molar-refractivity contribution in [1.29, 1.82) is 0 Å². The average molecular weight is 281 g/mol. The normalized spacial score (nSPS) is 13.8. The molecule has 4 nitrogen and oxygen atoms in total. The van der Waals surface area contributed by atoms with Gasteiger partial charge >= 0.3 is 0 Å². The predicted molar refractivity (Wildman–Crippen MR) is 70.4 cm³/mol. The van der Waals surface area contributed by atoms with Crippen molar-refractivity contribution in [1.82, 2.24) is 10.1 Å². The molecule has 1 heterocycles. The van der Waals surface area contributed by atoms with Gasteiger partial charge in [-0.05, 0) is 11.6 Å². The van der Waals surface area contributed by atoms with Gasteiger partial charge in [-0.1, -0.05) is 44.1 Å². The van der Waals surface area contributed by atoms with Gasteiger partial charge in [0, 0.05) is 11.0 Å². The second kappa shape index (κ2) is 5.28. The lowest BCUT2D eigenvalue weighted by molar-refractivity contribution is 0.151. The molecule has 1 aromatic heterocycles. The first-order chi connectivity index (χ1) is 9.29. The summed E-state index contributed by atoms with van der Waals surface area (Å²) in [4.78, 5) is 4.24. The van der Waals surface area contributed by atoms with Crippen molar-refractivity contribution in [3.63, 3.8) is 0 Å². The van der Waals surface area contributed by atoms with Gasteiger partial charge in [-0.15, -0.1) is 0 Å². The molecule has 1 unspecified atom stereocenters. The number of hydrogen-bond donors (Lipinski definition) is 1. The Hall–Kier alpha value is -1.82. The summed E-state index contributed by atoms with van der Waals surface area (Å²) in [5, 5.41) is 3.83. The van der Waals surface area contributed by atoms with Gasteiger partial charge in [0.15, 0.2) is 5.82 Å². The summed E-state index contributed by atoms with van der Waals surface area (Å²) in [5.74, 6) is 0.759. The quantitative estimate of drug-likeness (QED) is 0.937. The molecule has 0 saturated carbocycles. The molecule has 0 aliphatic carbocycles. The minimum atomic E-state index is -2.53. The van der Waals surface area contributed by atoms with E-state index in [1.165, 1.54) is 12.1 Å². The smallest absolute Gasteiger partial charge is 0.263 e. The van der Waals surface area contributed by atoms with Crippen LogP contribution in [0, 0.1) is 0 Å². The molecular weight excluding hydrogens is 264 g/mol. The van der Waals surface area contributed by atoms with Gasteiger partial charge in [0.25, 0.3) is 6.43 Å². The summed E-state index contributed by atoms with van der Waals surface area (Å²) >= 11 is 0. The van der Waals surface area contributed by atoms with Crippen LogP contribution in [-0.4, -0.2) is 10.1 Å². The lowest BCUT2D eigenvalue weighted by Crippen LogP contribution is -2.16. The van der Waals surface area contributed by atoms with Crippen LogP contribution >= 0.6 is 0 Å². The number of hydrogen-bond acceptors (Lipinski definition) is 4. The van der Waals surface area contributed by atoms with Crippen molar-refractivity contribution >= 4 is 0 Å². The lowest BCUT2D eigenvalue weighted by atomic mass is 9.97. The summed E-state index contributed by atoms with van der Waals surface area (Å²) in [6, 6.07) is 5.25. The van der Waals surface area contributed by atoms with Crippen LogP contribution in [0.4, 0.5) is 8.78 Å². The van der Waals surface area contributed by atoms with Gasteiger partial charge in [-0.25, -0.2) is 8.78 Å². The Morgan fingerprint density at radius 3 is 2.40 bits per heavy atom. The van der Waals surface area contributed by atoms with E-state index >= 15 is 0 Å². The van der Waals surface area contributed by atoms with Crippen molar-refractivity contribution in [2.75, 3.05) is 0 Å². The van der Waals surface area contributed by atoms with Crippen LogP contribution in [0.3, 0.4) is 0 Å². The number of benzene rings is 1. The van der Waals surface area contributed by atoms with Crippen LogP contribution in [0.15, 0.2) is 28.8 Å². The summed E-state index contributed by atoms with van der Waals surface area (Å²) in [6.07, 6.45) is -2.53. The van der Waals surface area contributed by atoms with Crippen molar-refractivity contribution in [3.8, 4) is 0 Å². The maximum absolute atomic E-state index is 12.7. The van der Waals surface area contributed by atoms with Gasteiger partial charge in [0.1, 0.15) is 0 Å². The molecule has 0 radical (unpaired) electrons. The second-order valence-corrected chi connectivity index (χ2v) is 5.66. The predicted octanol–water partition coefficient (Wildman–Crippen LogP) is 3.35. The first-order valence-electron chi connectivity index (χ1n) is 6.26. The molecule has 1 atom stereocenters. The maximum Gasteiger partial charge on any atom is 0.263 e. The van der Waals surface area contributed by atoms with Crippen LogP contribution in [0.1, 0.15) is 56.1 Å². The van der Waals surface area contributed by atoms with E-state index in [-0.39, 0.29) is 11.0 Å². The van der Waals surface area contributed by atoms with E-state index in [2.05, 4.69) is 10.1 Å². The van der Waals surface area contributed by atoms with Gasteiger partial charge < -0.3 is 10.3 Å². The Morgan fingerprint density at radius 1 is 1.20 bits per heavy atom. The molecule has 20 heavy (non-hydrogen) atoms. The van der Waals surface area contributed by atoms with Gasteiger partial charge in [-0.3, -0.25) is 0 Å². The van der Waals surface area contributed by atoms with Gasteiger partial charge in [-0.2, -0.15) is 4.98 Å². The molecule has 0 bridgehead atoms. The molecule has 6 heteroatoms. The van der Waals surface area contributed by atoms with Crippen molar-refractivity contribution in [3.05, 3.63) is 47.1 Å². The standard InChI is InChI=1S/C14H17F2N3O/c1-14(2,3)13-18-12(19-20-13)10(17)8-5-4-6-9(7-8)11(15)16/h4-7,10-11H,17H2,1-3H3. The highest BCUT2D eigenvalue weighted by molar-refractivity contribution is 5.29. The van der Waals surface area contributed by atoms with Crippen LogP contribution < -0.4 is 5.73 Å². The molecule has 0 spiro atoms. The molecule has 0 aliphatic rings. The van der Waals surface area contributed by atoms with Crippen molar-refractivity contribution in [2.24, 2.45) is 5.73 Å². The van der Waals surface area contributed by atoms with E-state index in [9.17, 15) is 8.78 Å². The van der Waals surface area contributed by atoms with E-state index < -0.39 is 12.5 Å². The van der Waals surface area contributed by atoms with Crippen LogP contribution in [-0.2, 0) is 5.41 Å². The minimum absolute atomic E-state index is 0.0718. The summed E-state index contributed by atoms with van der Waals surface area (Å²) in [6.45, 7) is 5.81. The monoisotopic (exact) mass is 281 g/mol. The van der Waals surface area contributed by atoms with Gasteiger partial charge in [0.05, 0.1) is 6.04 Å². The van der Waals surface area contributed by atoms with E-state index in [0.717, 1.165) is 0 Å². The van der Waals surface area contributed by atoms with E-state index in [1.807, 2.05) is 20.8 Å². The Morgan fingerprint density at radius 2 is 1.85 bits per heavy atom. The summed E-state index contributed by atoms with van der Waals surface area (Å²) in [7, 11) is 0. The Bertz CT molecular complexity index is 590. The SMILES string of the molecule is CC(C)(C)c1nc(C(N)c2cccc(C(F)F)c2)no1. The minimum Gasteiger partial charge on any atom is -0.339 e. The number of nitrogens with two attached hydrogens (primary N) is 1. The molecule has 1 aromatic carbocycles. The van der Waals surface area contributed by atoms with E-state index in [1.54, 1.807) is 12.1 Å². The molecule has 0 aliphatic heterocycles. The van der Waals surface area contributed by atoms with E-state index in [0.29, 0.717) is 17.3 Å². The van der Waals surface area contributed by atoms with Crippen molar-refractivity contribution in [2.45, 2.75) is 38.7 Å². The van der Waals surface area contributed by atoms with Gasteiger partial charge in [0.2, 0.25) is 5.89 Å². The fourth-order valence-corrected chi connectivity index (χ4v) is 1.70. The molecule has 0 fully saturated rings. The Balaban J connectivity index is 2.29. The van der Waals surface area contributed by atoms with Crippen LogP contribution in [0.5, 0.6) is 0 Å². The zero-order valence-corrected chi connectivity index (χ0v) is 11.6. The van der Waals surface area contributed by atoms with E-state index in [4.69, 9.17) is 10.3 Å². The molecule has 0 saturated heterocycles. The molecule has 2 N–H and O–H groups in total. The van der Waals surface area contributed by atoms with Crippen LogP contribution in [0.25, 0.3) is 0 Å². The zero-order chi connectivity index (χ0) is 14.9. The number of alkyl halides is 2. The summed E-state index contributed by atoms with van der Waals surface area (Å²) < 4.78 is 30.5. The number of aromatic nitrogens is 2. The zero-order valence-electron chi connectivity index (χ0n) is 11.6. The first kappa shape index (κ1) is 14.6. The maximum atomic E-state index is 12.7. The van der Waals surface area contributed by atoms with Crippen LogP contribution in [0.2, 0.25) is 0 Å². The Labute approximate surface area is 116 Å². The summed E-state index contributed by atoms with van der Waals surface area (Å²) in [5.41, 5.74) is 6.19. The second-order valence-electron chi connectivity index (χ2n) is 5.66. The molecule has 2 rings (SSSR count). The highest BCUT2D eigenvalue weighted by Gasteiger charge is 2.24. The first-order valence-corrected chi connectivity index (χ1v) is 6.26. The van der Waals surface area contributed by atoms with Crippen molar-refractivity contribution < 1.29 is 13.3 Å². The fourth-order valence-electron chi connectivity index (χ4n) is 1.70. The third-order valence-corrected chi connectivity index (χ3v) is 2.88. The third-order valence-electron chi connectivity index (χ3n) is 2.88. The average Bonchev–Trinajstić information content (AvgIpc) is 2.87. The third kappa shape index (κ3) is 3.01. The molecule has 2 aromatic rings.